The van der Waals surface area contributed by atoms with Crippen LogP contribution in [-0.4, -0.2) is 98.0 Å². The number of likely N-dealkylation sites (tertiary alicyclic amines) is 1. The molecule has 0 radical (unpaired) electrons. The number of nitrogens with zero attached hydrogens (tertiary/aromatic N) is 4. The predicted molar refractivity (Wildman–Crippen MR) is 117 cm³/mol. The third-order valence-electron chi connectivity index (χ3n) is 5.52. The van der Waals surface area contributed by atoms with Gasteiger partial charge in [-0.2, -0.15) is 11.8 Å². The van der Waals surface area contributed by atoms with Gasteiger partial charge in [0.05, 0.1) is 6.54 Å². The molecule has 2 atom stereocenters. The Balaban J connectivity index is 1.70. The Morgan fingerprint density at radius 1 is 1.07 bits per heavy atom. The summed E-state index contributed by atoms with van der Waals surface area (Å²) in [6.07, 6.45) is 5.82. The summed E-state index contributed by atoms with van der Waals surface area (Å²) in [6.45, 7) is 11.6. The molecule has 2 heterocycles. The molecule has 0 saturated carbocycles. The van der Waals surface area contributed by atoms with Crippen LogP contribution in [0.3, 0.4) is 0 Å². The van der Waals surface area contributed by atoms with Crippen molar-refractivity contribution in [2.24, 2.45) is 16.8 Å². The van der Waals surface area contributed by atoms with E-state index in [1.165, 1.54) is 25.0 Å². The van der Waals surface area contributed by atoms with Gasteiger partial charge < -0.3 is 15.1 Å². The highest BCUT2D eigenvalue weighted by molar-refractivity contribution is 7.98. The molecule has 0 aromatic carbocycles. The average molecular weight is 398 g/mol. The first-order valence-electron chi connectivity index (χ1n) is 10.5. The quantitative estimate of drug-likeness (QED) is 0.403. The molecular formula is C20H39N5OS. The van der Waals surface area contributed by atoms with E-state index in [-0.39, 0.29) is 0 Å². The number of nitrogens with one attached hydrogen (secondary N) is 1. The number of hydrogen-bond acceptors (Lipinski definition) is 4. The van der Waals surface area contributed by atoms with Crippen molar-refractivity contribution >= 4 is 23.6 Å². The molecule has 0 bridgehead atoms. The number of piperazine rings is 1. The molecule has 0 aliphatic carbocycles. The first-order valence-corrected chi connectivity index (χ1v) is 11.9. The number of hydrogen-bond donors (Lipinski definition) is 1. The molecule has 0 spiro atoms. The zero-order chi connectivity index (χ0) is 19.6. The molecule has 2 aliphatic rings. The maximum atomic E-state index is 12.7. The number of unbranched alkanes of at least 4 members (excludes halogenated alkanes) is 1. The van der Waals surface area contributed by atoms with E-state index in [4.69, 9.17) is 0 Å². The van der Waals surface area contributed by atoms with Gasteiger partial charge in [0.2, 0.25) is 5.91 Å². The van der Waals surface area contributed by atoms with Crippen molar-refractivity contribution in [3.8, 4) is 0 Å². The minimum absolute atomic E-state index is 0.304. The van der Waals surface area contributed by atoms with Crippen LogP contribution in [0.25, 0.3) is 0 Å². The SMILES string of the molecule is CN=C(NCCCCSC)N1CCN(CC(=O)N2CC(C)CC(C)C2)CC1. The van der Waals surface area contributed by atoms with Crippen molar-refractivity contribution in [3.05, 3.63) is 0 Å². The van der Waals surface area contributed by atoms with Gasteiger partial charge in [-0.3, -0.25) is 14.7 Å². The maximum absolute atomic E-state index is 12.7. The van der Waals surface area contributed by atoms with Gasteiger partial charge in [0.25, 0.3) is 0 Å². The molecule has 2 fully saturated rings. The van der Waals surface area contributed by atoms with Crippen molar-refractivity contribution in [1.29, 1.82) is 0 Å². The summed E-state index contributed by atoms with van der Waals surface area (Å²) < 4.78 is 0. The van der Waals surface area contributed by atoms with E-state index in [1.54, 1.807) is 0 Å². The second-order valence-corrected chi connectivity index (χ2v) is 9.17. The van der Waals surface area contributed by atoms with E-state index in [1.807, 2.05) is 18.8 Å². The average Bonchev–Trinajstić information content (AvgIpc) is 2.65. The minimum Gasteiger partial charge on any atom is -0.356 e. The fraction of sp³-hybridized carbons (Fsp3) is 0.900. The van der Waals surface area contributed by atoms with E-state index in [0.717, 1.165) is 51.8 Å². The number of thioether (sulfide) groups is 1. The van der Waals surface area contributed by atoms with E-state index in [0.29, 0.717) is 24.3 Å². The molecule has 7 heteroatoms. The molecule has 1 amide bonds. The normalized spacial score (nSPS) is 25.0. The van der Waals surface area contributed by atoms with Crippen LogP contribution in [0.4, 0.5) is 0 Å². The molecule has 27 heavy (non-hydrogen) atoms. The summed E-state index contributed by atoms with van der Waals surface area (Å²) in [5.41, 5.74) is 0. The van der Waals surface area contributed by atoms with Gasteiger partial charge in [-0.1, -0.05) is 13.8 Å². The van der Waals surface area contributed by atoms with Crippen LogP contribution < -0.4 is 5.32 Å². The second kappa shape index (κ2) is 11.8. The summed E-state index contributed by atoms with van der Waals surface area (Å²) in [5, 5.41) is 3.49. The Bertz CT molecular complexity index is 469. The van der Waals surface area contributed by atoms with Crippen LogP contribution in [0.15, 0.2) is 4.99 Å². The number of carbonyl (C=O) groups excluding carboxylic acids is 1. The van der Waals surface area contributed by atoms with Crippen LogP contribution >= 0.6 is 11.8 Å². The lowest BCUT2D eigenvalue weighted by molar-refractivity contribution is -0.135. The van der Waals surface area contributed by atoms with Crippen LogP contribution in [0.5, 0.6) is 0 Å². The summed E-state index contributed by atoms with van der Waals surface area (Å²) in [5.74, 6) is 3.78. The monoisotopic (exact) mass is 397 g/mol. The standard InChI is InChI=1S/C20H39N5OS/c1-17-13-18(2)15-25(14-17)19(26)16-23-8-10-24(11-9-23)20(21-3)22-7-5-6-12-27-4/h17-18H,5-16H2,1-4H3,(H,21,22). The van der Waals surface area contributed by atoms with Crippen LogP contribution in [0.2, 0.25) is 0 Å². The van der Waals surface area contributed by atoms with Gasteiger partial charge in [-0.15, -0.1) is 0 Å². The number of aliphatic imine (C=N–C) groups is 1. The number of carbonyl (C=O) groups is 1. The van der Waals surface area contributed by atoms with Gasteiger partial charge >= 0.3 is 0 Å². The lowest BCUT2D eigenvalue weighted by Gasteiger charge is -2.39. The van der Waals surface area contributed by atoms with E-state index in [9.17, 15) is 4.79 Å². The smallest absolute Gasteiger partial charge is 0.236 e. The number of rotatable bonds is 7. The topological polar surface area (TPSA) is 51.2 Å². The summed E-state index contributed by atoms with van der Waals surface area (Å²) in [4.78, 5) is 23.8. The highest BCUT2D eigenvalue weighted by atomic mass is 32.2. The molecular weight excluding hydrogens is 358 g/mol. The van der Waals surface area contributed by atoms with Crippen molar-refractivity contribution in [3.63, 3.8) is 0 Å². The zero-order valence-corrected chi connectivity index (χ0v) is 18.6. The fourth-order valence-corrected chi connectivity index (χ4v) is 4.67. The lowest BCUT2D eigenvalue weighted by Crippen LogP contribution is -2.55. The first kappa shape index (κ1) is 22.3. The Morgan fingerprint density at radius 3 is 2.33 bits per heavy atom. The van der Waals surface area contributed by atoms with Crippen molar-refractivity contribution in [2.45, 2.75) is 33.1 Å². The number of guanidine groups is 1. The lowest BCUT2D eigenvalue weighted by atomic mass is 9.92. The van der Waals surface area contributed by atoms with Crippen molar-refractivity contribution < 1.29 is 4.79 Å². The molecule has 2 aliphatic heterocycles. The van der Waals surface area contributed by atoms with Gasteiger partial charge in [0.15, 0.2) is 5.96 Å². The molecule has 0 aromatic rings. The molecule has 2 unspecified atom stereocenters. The van der Waals surface area contributed by atoms with E-state index < -0.39 is 0 Å². The molecule has 6 nitrogen and oxygen atoms in total. The Hall–Kier alpha value is -0.950. The predicted octanol–water partition coefficient (Wildman–Crippen LogP) is 1.83. The van der Waals surface area contributed by atoms with Gasteiger partial charge in [-0.25, -0.2) is 0 Å². The number of amides is 1. The van der Waals surface area contributed by atoms with Gasteiger partial charge in [0.1, 0.15) is 0 Å². The minimum atomic E-state index is 0.304. The maximum Gasteiger partial charge on any atom is 0.236 e. The summed E-state index contributed by atoms with van der Waals surface area (Å²) in [6, 6.07) is 0. The highest BCUT2D eigenvalue weighted by Gasteiger charge is 2.27. The van der Waals surface area contributed by atoms with Crippen molar-refractivity contribution in [1.82, 2.24) is 20.0 Å². The zero-order valence-electron chi connectivity index (χ0n) is 17.7. The Labute approximate surface area is 170 Å². The molecule has 2 rings (SSSR count). The van der Waals surface area contributed by atoms with Crippen LogP contribution in [0.1, 0.15) is 33.1 Å². The summed E-state index contributed by atoms with van der Waals surface area (Å²) >= 11 is 1.90. The first-order chi connectivity index (χ1) is 13.0. The second-order valence-electron chi connectivity index (χ2n) is 8.18. The highest BCUT2D eigenvalue weighted by Crippen LogP contribution is 2.21. The Kier molecular flexibility index (Phi) is 9.76. The van der Waals surface area contributed by atoms with E-state index >= 15 is 0 Å². The summed E-state index contributed by atoms with van der Waals surface area (Å²) in [7, 11) is 1.86. The van der Waals surface area contributed by atoms with Crippen LogP contribution in [-0.2, 0) is 4.79 Å². The van der Waals surface area contributed by atoms with Gasteiger partial charge in [-0.05, 0) is 43.1 Å². The molecule has 1 N–H and O–H groups in total. The Morgan fingerprint density at radius 2 is 1.74 bits per heavy atom. The van der Waals surface area contributed by atoms with Gasteiger partial charge in [0, 0.05) is 52.9 Å². The fourth-order valence-electron chi connectivity index (χ4n) is 4.18. The largest absolute Gasteiger partial charge is 0.356 e. The molecule has 156 valence electrons. The molecule has 0 aromatic heterocycles. The van der Waals surface area contributed by atoms with Crippen molar-refractivity contribution in [2.75, 3.05) is 71.4 Å². The third-order valence-corrected chi connectivity index (χ3v) is 6.22. The molecule has 2 saturated heterocycles. The third kappa shape index (κ3) is 7.53. The van der Waals surface area contributed by atoms with E-state index in [2.05, 4.69) is 45.1 Å². The number of piperidine rings is 1. The van der Waals surface area contributed by atoms with Crippen LogP contribution in [0, 0.1) is 11.8 Å².